The topological polar surface area (TPSA) is 155 Å². The van der Waals surface area contributed by atoms with Gasteiger partial charge >= 0.3 is 0 Å². The van der Waals surface area contributed by atoms with Crippen LogP contribution in [0.25, 0.3) is 10.9 Å². The van der Waals surface area contributed by atoms with Crippen molar-refractivity contribution in [2.45, 2.75) is 50.6 Å². The minimum absolute atomic E-state index is 0.122. The molecule has 2 aliphatic rings. The van der Waals surface area contributed by atoms with Crippen LogP contribution >= 0.6 is 11.6 Å². The van der Waals surface area contributed by atoms with Crippen LogP contribution in [0.15, 0.2) is 18.2 Å². The molecule has 4 amide bonds. The summed E-state index contributed by atoms with van der Waals surface area (Å²) in [5, 5.41) is 9.30. The van der Waals surface area contributed by atoms with Crippen LogP contribution < -0.4 is 26.4 Å². The highest BCUT2D eigenvalue weighted by Crippen LogP contribution is 2.34. The van der Waals surface area contributed by atoms with Crippen molar-refractivity contribution in [3.8, 4) is 5.75 Å². The van der Waals surface area contributed by atoms with Crippen molar-refractivity contribution >= 4 is 46.1 Å². The maximum absolute atomic E-state index is 13.2. The monoisotopic (exact) mass is 503 g/mol. The Bertz CT molecular complexity index is 1140. The summed E-state index contributed by atoms with van der Waals surface area (Å²) in [6, 6.07) is 3.13. The van der Waals surface area contributed by atoms with Crippen molar-refractivity contribution in [3.63, 3.8) is 0 Å². The second-order valence-electron chi connectivity index (χ2n) is 9.26. The second kappa shape index (κ2) is 10.6. The Kier molecular flexibility index (Phi) is 7.49. The number of benzene rings is 1. The predicted octanol–water partition coefficient (Wildman–Crippen LogP) is 1.61. The van der Waals surface area contributed by atoms with E-state index in [2.05, 4.69) is 20.9 Å². The quantitative estimate of drug-likeness (QED) is 0.333. The average Bonchev–Trinajstić information content (AvgIpc) is 3.53. The fraction of sp³-hybridized carbons (Fsp3) is 0.500. The molecule has 188 valence electrons. The molecule has 1 aliphatic carbocycles. The molecule has 1 aliphatic heterocycles. The third-order valence-corrected chi connectivity index (χ3v) is 6.95. The first-order valence-corrected chi connectivity index (χ1v) is 12.2. The molecule has 1 aromatic heterocycles. The molecule has 6 N–H and O–H groups in total. The summed E-state index contributed by atoms with van der Waals surface area (Å²) in [6.45, 7) is 0.600. The van der Waals surface area contributed by atoms with Crippen molar-refractivity contribution in [1.29, 1.82) is 0 Å². The van der Waals surface area contributed by atoms with E-state index in [4.69, 9.17) is 22.1 Å². The highest BCUT2D eigenvalue weighted by molar-refractivity contribution is 6.35. The van der Waals surface area contributed by atoms with Crippen LogP contribution in [0, 0.1) is 11.8 Å². The number of piperidine rings is 1. The number of ether oxygens (including phenoxy) is 1. The molecule has 1 saturated heterocycles. The Labute approximate surface area is 207 Å². The van der Waals surface area contributed by atoms with Gasteiger partial charge in [0.25, 0.3) is 5.91 Å². The van der Waals surface area contributed by atoms with E-state index < -0.39 is 35.7 Å². The Hall–Kier alpha value is -3.27. The maximum atomic E-state index is 13.2. The molecule has 35 heavy (non-hydrogen) atoms. The molecule has 11 heteroatoms. The first kappa shape index (κ1) is 24.8. The number of hydrogen-bond donors (Lipinski definition) is 5. The van der Waals surface area contributed by atoms with Crippen molar-refractivity contribution in [3.05, 3.63) is 28.9 Å². The third-order valence-electron chi connectivity index (χ3n) is 6.63. The molecule has 4 rings (SSSR count). The zero-order valence-corrected chi connectivity index (χ0v) is 20.2. The van der Waals surface area contributed by atoms with Crippen LogP contribution in [0.3, 0.4) is 0 Å². The Morgan fingerprint density at radius 2 is 1.94 bits per heavy atom. The first-order valence-electron chi connectivity index (χ1n) is 11.8. The fourth-order valence-corrected chi connectivity index (χ4v) is 4.69. The van der Waals surface area contributed by atoms with Gasteiger partial charge in [0.15, 0.2) is 0 Å². The lowest BCUT2D eigenvalue weighted by Gasteiger charge is -2.27. The van der Waals surface area contributed by atoms with Gasteiger partial charge in [0, 0.05) is 17.8 Å². The van der Waals surface area contributed by atoms with Crippen LogP contribution in [0.1, 0.15) is 49.0 Å². The molecule has 0 spiro atoms. The minimum Gasteiger partial charge on any atom is -0.496 e. The summed E-state index contributed by atoms with van der Waals surface area (Å²) in [5.74, 6) is -1.37. The number of methoxy groups -OCH3 is 1. The largest absolute Gasteiger partial charge is 0.496 e. The molecule has 1 aromatic carbocycles. The van der Waals surface area contributed by atoms with Gasteiger partial charge in [-0.05, 0) is 49.8 Å². The van der Waals surface area contributed by atoms with Gasteiger partial charge < -0.3 is 31.4 Å². The van der Waals surface area contributed by atoms with Crippen molar-refractivity contribution in [1.82, 2.24) is 20.9 Å². The smallest absolute Gasteiger partial charge is 0.268 e. The van der Waals surface area contributed by atoms with Crippen LogP contribution in [0.4, 0.5) is 0 Å². The Morgan fingerprint density at radius 3 is 2.60 bits per heavy atom. The molecule has 0 unspecified atom stereocenters. The Balaban J connectivity index is 1.48. The average molecular weight is 504 g/mol. The number of aromatic amines is 1. The van der Waals surface area contributed by atoms with Gasteiger partial charge in [-0.1, -0.05) is 24.4 Å². The molecular formula is C24H30ClN5O5. The number of carbonyl (C=O) groups excluding carboxylic acids is 4. The van der Waals surface area contributed by atoms with E-state index >= 15 is 0 Å². The second-order valence-corrected chi connectivity index (χ2v) is 9.66. The summed E-state index contributed by atoms with van der Waals surface area (Å²) in [6.07, 6.45) is 3.94. The number of rotatable bonds is 10. The fourth-order valence-electron chi connectivity index (χ4n) is 4.48. The normalized spacial score (nSPS) is 19.5. The zero-order valence-electron chi connectivity index (χ0n) is 19.5. The molecule has 1 saturated carbocycles. The first-order chi connectivity index (χ1) is 16.8. The van der Waals surface area contributed by atoms with Gasteiger partial charge in [0.05, 0.1) is 17.6 Å². The number of hydrogen-bond acceptors (Lipinski definition) is 5. The molecule has 2 aromatic rings. The highest BCUT2D eigenvalue weighted by Gasteiger charge is 2.34. The van der Waals surface area contributed by atoms with Gasteiger partial charge in [-0.25, -0.2) is 0 Å². The SMILES string of the molecule is COc1ccc(Cl)c2[nH]c(C(=O)N[C@@H](CC3CC3)C(=O)N[C@@H](C[C@@H]3CCCNC3=O)C(N)=O)cc12. The number of primary amides is 1. The molecule has 0 radical (unpaired) electrons. The lowest BCUT2D eigenvalue weighted by atomic mass is 9.91. The number of carbonyl (C=O) groups is 4. The summed E-state index contributed by atoms with van der Waals surface area (Å²) < 4.78 is 5.35. The maximum Gasteiger partial charge on any atom is 0.268 e. The summed E-state index contributed by atoms with van der Waals surface area (Å²) in [5.41, 5.74) is 6.32. The lowest BCUT2D eigenvalue weighted by molar-refractivity contribution is -0.131. The molecule has 2 fully saturated rings. The van der Waals surface area contributed by atoms with E-state index in [1.807, 2.05) is 0 Å². The van der Waals surface area contributed by atoms with Crippen LogP contribution in [0.5, 0.6) is 5.75 Å². The zero-order chi connectivity index (χ0) is 25.1. The lowest BCUT2D eigenvalue weighted by Crippen LogP contribution is -2.54. The van der Waals surface area contributed by atoms with Gasteiger partial charge in [0.2, 0.25) is 17.7 Å². The van der Waals surface area contributed by atoms with E-state index in [1.165, 1.54) is 7.11 Å². The number of fused-ring (bicyclic) bond motifs is 1. The number of aromatic nitrogens is 1. The summed E-state index contributed by atoms with van der Waals surface area (Å²) in [4.78, 5) is 53.4. The van der Waals surface area contributed by atoms with Crippen LogP contribution in [-0.2, 0) is 14.4 Å². The van der Waals surface area contributed by atoms with Gasteiger partial charge in [-0.2, -0.15) is 0 Å². The van der Waals surface area contributed by atoms with Crippen molar-refractivity contribution < 1.29 is 23.9 Å². The van der Waals surface area contributed by atoms with E-state index in [0.29, 0.717) is 47.0 Å². The van der Waals surface area contributed by atoms with Crippen molar-refractivity contribution in [2.24, 2.45) is 17.6 Å². The van der Waals surface area contributed by atoms with E-state index in [-0.39, 0.29) is 18.0 Å². The Morgan fingerprint density at radius 1 is 1.17 bits per heavy atom. The number of H-pyrrole nitrogens is 1. The predicted molar refractivity (Wildman–Crippen MR) is 130 cm³/mol. The minimum atomic E-state index is -1.01. The number of nitrogens with one attached hydrogen (secondary N) is 4. The highest BCUT2D eigenvalue weighted by atomic mass is 35.5. The summed E-state index contributed by atoms with van der Waals surface area (Å²) in [7, 11) is 1.53. The number of halogens is 1. The van der Waals surface area contributed by atoms with Crippen LogP contribution in [-0.4, -0.2) is 54.4 Å². The summed E-state index contributed by atoms with van der Waals surface area (Å²) >= 11 is 6.26. The number of amides is 4. The van der Waals surface area contributed by atoms with Gasteiger partial charge in [-0.15, -0.1) is 0 Å². The molecule has 3 atom stereocenters. The van der Waals surface area contributed by atoms with E-state index in [1.54, 1.807) is 18.2 Å². The number of nitrogens with two attached hydrogens (primary N) is 1. The third kappa shape index (κ3) is 5.87. The molecule has 2 heterocycles. The molecule has 0 bridgehead atoms. The van der Waals surface area contributed by atoms with E-state index in [9.17, 15) is 19.2 Å². The van der Waals surface area contributed by atoms with Gasteiger partial charge in [0.1, 0.15) is 23.5 Å². The van der Waals surface area contributed by atoms with Crippen molar-refractivity contribution in [2.75, 3.05) is 13.7 Å². The molecule has 10 nitrogen and oxygen atoms in total. The standard InChI is InChI=1S/C24H30ClN5O5/c1-35-19-7-6-15(25)20-14(19)11-18(28-20)24(34)30-17(9-12-4-5-12)23(33)29-16(21(26)31)10-13-3-2-8-27-22(13)32/h6-7,11-13,16-17,28H,2-5,8-10H2,1H3,(H2,26,31)(H,27,32)(H,29,33)(H,30,34)/t13-,16-,17-/m0/s1. The van der Waals surface area contributed by atoms with Gasteiger partial charge in [-0.3, -0.25) is 19.2 Å². The van der Waals surface area contributed by atoms with Crippen LogP contribution in [0.2, 0.25) is 5.02 Å². The molecular weight excluding hydrogens is 474 g/mol. The van der Waals surface area contributed by atoms with E-state index in [0.717, 1.165) is 19.3 Å².